The number of benzene rings is 1. The molecular weight excluding hydrogens is 625 g/mol. The second-order valence-corrected chi connectivity index (χ2v) is 13.7. The van der Waals surface area contributed by atoms with Gasteiger partial charge in [0.25, 0.3) is 0 Å². The fraction of sp³-hybridized carbons (Fsp3) is 0.472. The number of halogens is 1. The molecule has 8 atom stereocenters. The van der Waals surface area contributed by atoms with Crippen molar-refractivity contribution in [1.29, 1.82) is 0 Å². The summed E-state index contributed by atoms with van der Waals surface area (Å²) in [6.45, 7) is 7.99. The Labute approximate surface area is 276 Å². The summed E-state index contributed by atoms with van der Waals surface area (Å²) in [4.78, 5) is 55.7. The molecule has 3 heterocycles. The van der Waals surface area contributed by atoms with Crippen LogP contribution in [0.15, 0.2) is 64.1 Å². The molecule has 254 valence electrons. The highest BCUT2D eigenvalue weighted by Crippen LogP contribution is 2.67. The molecular formula is C36H38FNO10. The SMILES string of the molecule is CC(=O)OCC1(C)C2C[C@H](OC(=O)c3cccc(F)c3)[C@@]3(C)Oc4cc(-c5cccnc5)oc(=O)c4[C@H](O)C3[C@@]2(C)CC[C@@H]1OC(C)=O. The number of rotatable bonds is 6. The van der Waals surface area contributed by atoms with Crippen LogP contribution < -0.4 is 10.4 Å². The molecule has 2 aliphatic carbocycles. The molecule has 11 nitrogen and oxygen atoms in total. The first kappa shape index (κ1) is 33.3. The number of fused-ring (bicyclic) bond motifs is 4. The first-order valence-corrected chi connectivity index (χ1v) is 15.9. The molecule has 2 aromatic heterocycles. The summed E-state index contributed by atoms with van der Waals surface area (Å²) in [5, 5.41) is 12.3. The van der Waals surface area contributed by atoms with Crippen LogP contribution in [-0.4, -0.2) is 52.4 Å². The van der Waals surface area contributed by atoms with Crippen LogP contribution in [0.5, 0.6) is 5.75 Å². The van der Waals surface area contributed by atoms with Gasteiger partial charge in [-0.1, -0.05) is 19.9 Å². The lowest BCUT2D eigenvalue weighted by Gasteiger charge is -2.66. The number of ether oxygens (including phenoxy) is 4. The molecule has 48 heavy (non-hydrogen) atoms. The Morgan fingerprint density at radius 1 is 1.04 bits per heavy atom. The Morgan fingerprint density at radius 3 is 2.48 bits per heavy atom. The fourth-order valence-electron chi connectivity index (χ4n) is 8.65. The third-order valence-corrected chi connectivity index (χ3v) is 10.7. The van der Waals surface area contributed by atoms with E-state index < -0.39 is 75.9 Å². The van der Waals surface area contributed by atoms with Crippen molar-refractivity contribution in [3.05, 3.63) is 82.2 Å². The molecule has 3 aliphatic rings. The quantitative estimate of drug-likeness (QED) is 0.274. The molecule has 0 spiro atoms. The average Bonchev–Trinajstić information content (AvgIpc) is 3.02. The summed E-state index contributed by atoms with van der Waals surface area (Å²) >= 11 is 0. The van der Waals surface area contributed by atoms with Gasteiger partial charge in [0, 0.05) is 49.2 Å². The average molecular weight is 664 g/mol. The molecule has 2 fully saturated rings. The van der Waals surface area contributed by atoms with E-state index in [-0.39, 0.29) is 35.7 Å². The van der Waals surface area contributed by atoms with Crippen molar-refractivity contribution < 1.29 is 47.2 Å². The first-order valence-electron chi connectivity index (χ1n) is 15.9. The highest BCUT2D eigenvalue weighted by atomic mass is 19.1. The van der Waals surface area contributed by atoms with Crippen LogP contribution in [0, 0.1) is 28.5 Å². The Hall–Kier alpha value is -4.58. The number of aliphatic hydroxyl groups excluding tert-OH is 1. The van der Waals surface area contributed by atoms with Gasteiger partial charge in [0.05, 0.1) is 11.7 Å². The van der Waals surface area contributed by atoms with Crippen LogP contribution in [-0.2, 0) is 23.8 Å². The molecule has 3 aromatic rings. The van der Waals surface area contributed by atoms with E-state index in [0.717, 1.165) is 6.07 Å². The highest BCUT2D eigenvalue weighted by Gasteiger charge is 2.71. The van der Waals surface area contributed by atoms with Crippen molar-refractivity contribution in [2.45, 2.75) is 77.8 Å². The molecule has 0 amide bonds. The zero-order valence-electron chi connectivity index (χ0n) is 27.4. The van der Waals surface area contributed by atoms with Crippen LogP contribution in [0.3, 0.4) is 0 Å². The number of esters is 3. The van der Waals surface area contributed by atoms with Gasteiger partial charge in [-0.05, 0) is 67.9 Å². The number of carbonyl (C=O) groups is 3. The summed E-state index contributed by atoms with van der Waals surface area (Å²) in [7, 11) is 0. The second kappa shape index (κ2) is 12.1. The number of pyridine rings is 1. The van der Waals surface area contributed by atoms with Crippen LogP contribution in [0.1, 0.15) is 75.9 Å². The third kappa shape index (κ3) is 5.55. The topological polar surface area (TPSA) is 151 Å². The molecule has 2 saturated carbocycles. The molecule has 3 unspecified atom stereocenters. The minimum atomic E-state index is -1.44. The molecule has 1 N–H and O–H groups in total. The lowest BCUT2D eigenvalue weighted by atomic mass is 9.42. The van der Waals surface area contributed by atoms with Gasteiger partial charge in [0.15, 0.2) is 0 Å². The molecule has 1 aliphatic heterocycles. The van der Waals surface area contributed by atoms with Gasteiger partial charge in [0.1, 0.15) is 47.3 Å². The predicted molar refractivity (Wildman–Crippen MR) is 167 cm³/mol. The molecule has 12 heteroatoms. The zero-order valence-corrected chi connectivity index (χ0v) is 27.4. The Balaban J connectivity index is 1.51. The van der Waals surface area contributed by atoms with Gasteiger partial charge in [-0.2, -0.15) is 0 Å². The van der Waals surface area contributed by atoms with Crippen molar-refractivity contribution in [3.8, 4) is 17.1 Å². The number of hydrogen-bond acceptors (Lipinski definition) is 11. The molecule has 0 radical (unpaired) electrons. The van der Waals surface area contributed by atoms with Crippen molar-refractivity contribution in [2.24, 2.45) is 22.7 Å². The van der Waals surface area contributed by atoms with Crippen molar-refractivity contribution in [1.82, 2.24) is 4.98 Å². The predicted octanol–water partition coefficient (Wildman–Crippen LogP) is 5.19. The number of nitrogens with zero attached hydrogens (tertiary/aromatic N) is 1. The highest BCUT2D eigenvalue weighted by molar-refractivity contribution is 5.89. The van der Waals surface area contributed by atoms with E-state index in [1.54, 1.807) is 25.3 Å². The zero-order chi connectivity index (χ0) is 34.6. The number of aliphatic hydroxyl groups is 1. The minimum absolute atomic E-state index is 0.0242. The number of aromatic nitrogens is 1. The van der Waals surface area contributed by atoms with E-state index in [2.05, 4.69) is 4.98 Å². The van der Waals surface area contributed by atoms with Gasteiger partial charge in [-0.3, -0.25) is 14.6 Å². The lowest BCUT2D eigenvalue weighted by Crippen LogP contribution is -2.71. The fourth-order valence-corrected chi connectivity index (χ4v) is 8.65. The summed E-state index contributed by atoms with van der Waals surface area (Å²) < 4.78 is 44.1. The van der Waals surface area contributed by atoms with Crippen molar-refractivity contribution in [2.75, 3.05) is 6.61 Å². The van der Waals surface area contributed by atoms with Gasteiger partial charge in [0.2, 0.25) is 0 Å². The Kier molecular flexibility index (Phi) is 8.43. The van der Waals surface area contributed by atoms with Crippen molar-refractivity contribution >= 4 is 17.9 Å². The maximum atomic E-state index is 14.2. The van der Waals surface area contributed by atoms with Crippen LogP contribution in [0.25, 0.3) is 11.3 Å². The maximum Gasteiger partial charge on any atom is 0.345 e. The monoisotopic (exact) mass is 663 g/mol. The van der Waals surface area contributed by atoms with Crippen LogP contribution in [0.2, 0.25) is 0 Å². The van der Waals surface area contributed by atoms with E-state index in [4.69, 9.17) is 23.4 Å². The molecule has 0 bridgehead atoms. The standard InChI is InChI=1S/C36H38FNO10/c1-19(39)44-18-35(4)26-16-28(47-32(42)21-8-6-10-23(37)14-21)36(5)31(34(26,3)12-11-27(35)45-20(2)40)30(41)29-25(48-36)15-24(46-33(29)43)22-9-7-13-38-17-22/h6-10,13-15,17,26-28,30-31,41H,11-12,16,18H2,1-5H3/t26?,27-,28-,30-,31?,34-,35?,36+/m0/s1. The van der Waals surface area contributed by atoms with Gasteiger partial charge < -0.3 is 28.5 Å². The third-order valence-electron chi connectivity index (χ3n) is 10.7. The number of hydrogen-bond donors (Lipinski definition) is 1. The summed E-state index contributed by atoms with van der Waals surface area (Å²) in [5.74, 6) is -3.61. The Bertz CT molecular complexity index is 1810. The normalized spacial score (nSPS) is 32.0. The molecule has 6 rings (SSSR count). The maximum absolute atomic E-state index is 14.2. The van der Waals surface area contributed by atoms with E-state index in [0.29, 0.717) is 18.4 Å². The minimum Gasteiger partial charge on any atom is -0.482 e. The molecule has 0 saturated heterocycles. The lowest BCUT2D eigenvalue weighted by molar-refractivity contribution is -0.266. The largest absolute Gasteiger partial charge is 0.482 e. The smallest absolute Gasteiger partial charge is 0.345 e. The van der Waals surface area contributed by atoms with E-state index in [1.807, 2.05) is 13.8 Å². The van der Waals surface area contributed by atoms with E-state index in [9.17, 15) is 28.7 Å². The van der Waals surface area contributed by atoms with E-state index >= 15 is 0 Å². The van der Waals surface area contributed by atoms with Crippen molar-refractivity contribution in [3.63, 3.8) is 0 Å². The van der Waals surface area contributed by atoms with Gasteiger partial charge >= 0.3 is 23.5 Å². The number of carbonyl (C=O) groups excluding carboxylic acids is 3. The summed E-state index contributed by atoms with van der Waals surface area (Å²) in [5.41, 5.74) is -3.65. The van der Waals surface area contributed by atoms with Crippen LogP contribution >= 0.6 is 0 Å². The first-order chi connectivity index (χ1) is 22.7. The Morgan fingerprint density at radius 2 is 1.81 bits per heavy atom. The summed E-state index contributed by atoms with van der Waals surface area (Å²) in [6, 6.07) is 10.0. The van der Waals surface area contributed by atoms with Gasteiger partial charge in [-0.25, -0.2) is 14.0 Å². The van der Waals surface area contributed by atoms with E-state index in [1.165, 1.54) is 44.3 Å². The van der Waals surface area contributed by atoms with Gasteiger partial charge in [-0.15, -0.1) is 0 Å². The second-order valence-electron chi connectivity index (χ2n) is 13.7. The summed E-state index contributed by atoms with van der Waals surface area (Å²) in [6.07, 6.45) is 0.828. The van der Waals surface area contributed by atoms with Crippen LogP contribution in [0.4, 0.5) is 4.39 Å². The molecule has 1 aromatic carbocycles.